The van der Waals surface area contributed by atoms with Crippen LogP contribution in [0.5, 0.6) is 0 Å². The minimum atomic E-state index is -1.20. The normalized spacial score (nSPS) is 40.2. The Labute approximate surface area is 138 Å². The van der Waals surface area contributed by atoms with Crippen molar-refractivity contribution in [1.82, 2.24) is 0 Å². The highest BCUT2D eigenvalue weighted by atomic mass is 16.3. The van der Waals surface area contributed by atoms with E-state index in [2.05, 4.69) is 13.0 Å². The minimum Gasteiger partial charge on any atom is -0.504 e. The lowest BCUT2D eigenvalue weighted by Crippen LogP contribution is -2.54. The molecule has 126 valence electrons. The highest BCUT2D eigenvalue weighted by Crippen LogP contribution is 2.57. The number of carbonyl (C=O) groups is 1. The van der Waals surface area contributed by atoms with Crippen LogP contribution in [0.25, 0.3) is 0 Å². The highest BCUT2D eigenvalue weighted by Gasteiger charge is 2.56. The number of Topliss-reactive ketones (excluding diaryl/α,β-unsaturated/α-hetero) is 1. The first-order valence-electron chi connectivity index (χ1n) is 8.76. The zero-order chi connectivity index (χ0) is 17.1. The van der Waals surface area contributed by atoms with Gasteiger partial charge in [0.2, 0.25) is 5.78 Å². The molecule has 0 aromatic carbocycles. The van der Waals surface area contributed by atoms with Gasteiger partial charge in [0.25, 0.3) is 0 Å². The number of rotatable bonds is 1. The van der Waals surface area contributed by atoms with Crippen molar-refractivity contribution < 1.29 is 15.0 Å². The van der Waals surface area contributed by atoms with Crippen molar-refractivity contribution in [1.29, 1.82) is 0 Å². The Morgan fingerprint density at radius 3 is 2.52 bits per heavy atom. The van der Waals surface area contributed by atoms with E-state index in [1.54, 1.807) is 6.92 Å². The maximum atomic E-state index is 12.7. The smallest absolute Gasteiger partial charge is 0.223 e. The first-order valence-corrected chi connectivity index (χ1v) is 8.76. The van der Waals surface area contributed by atoms with Crippen LogP contribution in [-0.4, -0.2) is 21.6 Å². The third-order valence-electron chi connectivity index (χ3n) is 6.25. The molecule has 3 heteroatoms. The maximum absolute atomic E-state index is 12.7. The molecule has 3 aliphatic carbocycles. The van der Waals surface area contributed by atoms with Gasteiger partial charge in [-0.1, -0.05) is 25.5 Å². The van der Waals surface area contributed by atoms with Crippen LogP contribution in [0.3, 0.4) is 0 Å². The molecule has 23 heavy (non-hydrogen) atoms. The maximum Gasteiger partial charge on any atom is 0.223 e. The molecule has 2 N–H and O–H groups in total. The molecule has 0 amide bonds. The summed E-state index contributed by atoms with van der Waals surface area (Å²) < 4.78 is 0. The molecule has 0 saturated heterocycles. The monoisotopic (exact) mass is 316 g/mol. The van der Waals surface area contributed by atoms with E-state index < -0.39 is 5.60 Å². The minimum absolute atomic E-state index is 0.0794. The lowest BCUT2D eigenvalue weighted by Gasteiger charge is -2.53. The fourth-order valence-electron chi connectivity index (χ4n) is 5.07. The van der Waals surface area contributed by atoms with E-state index in [4.69, 9.17) is 0 Å². The Balaban J connectivity index is 2.29. The molecular weight excluding hydrogens is 288 g/mol. The molecule has 0 radical (unpaired) electrons. The van der Waals surface area contributed by atoms with E-state index in [0.29, 0.717) is 17.1 Å². The number of hydrogen-bond acceptors (Lipinski definition) is 3. The van der Waals surface area contributed by atoms with Crippen LogP contribution in [-0.2, 0) is 4.79 Å². The van der Waals surface area contributed by atoms with Crippen LogP contribution in [0.4, 0.5) is 0 Å². The van der Waals surface area contributed by atoms with Gasteiger partial charge in [-0.05, 0) is 63.4 Å². The van der Waals surface area contributed by atoms with Crippen molar-refractivity contribution >= 4 is 5.78 Å². The van der Waals surface area contributed by atoms with Gasteiger partial charge in [-0.15, -0.1) is 0 Å². The van der Waals surface area contributed by atoms with Gasteiger partial charge in [-0.2, -0.15) is 0 Å². The highest BCUT2D eigenvalue weighted by molar-refractivity contribution is 6.10. The summed E-state index contributed by atoms with van der Waals surface area (Å²) in [4.78, 5) is 12.7. The molecule has 5 atom stereocenters. The molecule has 0 spiro atoms. The van der Waals surface area contributed by atoms with E-state index in [9.17, 15) is 15.0 Å². The third-order valence-corrected chi connectivity index (χ3v) is 6.25. The van der Waals surface area contributed by atoms with Gasteiger partial charge < -0.3 is 10.2 Å². The first-order chi connectivity index (χ1) is 10.7. The van der Waals surface area contributed by atoms with Crippen LogP contribution in [0, 0.1) is 23.7 Å². The summed E-state index contributed by atoms with van der Waals surface area (Å²) in [6, 6.07) is 0. The van der Waals surface area contributed by atoms with E-state index in [1.807, 2.05) is 20.8 Å². The molecule has 0 aliphatic heterocycles. The molecule has 1 saturated carbocycles. The summed E-state index contributed by atoms with van der Waals surface area (Å²) in [5.41, 5.74) is 2.00. The van der Waals surface area contributed by atoms with Crippen LogP contribution in [0.2, 0.25) is 0 Å². The lowest BCUT2D eigenvalue weighted by atomic mass is 9.53. The predicted octanol–water partition coefficient (Wildman–Crippen LogP) is 4.10. The molecule has 3 aliphatic rings. The SMILES string of the molecule is CC(C)=CC1C[C@H](C)[C@H]2CC[C@H](C)C3=C2C1(O)C(C)=C(O)C3=O. The second-order valence-corrected chi connectivity index (χ2v) is 8.04. The largest absolute Gasteiger partial charge is 0.504 e. The van der Waals surface area contributed by atoms with E-state index in [1.165, 1.54) is 0 Å². The summed E-state index contributed by atoms with van der Waals surface area (Å²) >= 11 is 0. The number of ketones is 1. The fraction of sp³-hybridized carbons (Fsp3) is 0.650. The molecule has 1 fully saturated rings. The number of allylic oxidation sites excluding steroid dienone is 2. The number of aliphatic hydroxyl groups excluding tert-OH is 1. The fourth-order valence-corrected chi connectivity index (χ4v) is 5.07. The predicted molar refractivity (Wildman–Crippen MR) is 90.9 cm³/mol. The molecular formula is C20H28O3. The Bertz CT molecular complexity index is 648. The third kappa shape index (κ3) is 2.16. The van der Waals surface area contributed by atoms with Crippen molar-refractivity contribution in [2.75, 3.05) is 0 Å². The standard InChI is InChI=1S/C20H28O3/c1-10(2)8-14-9-12(4)15-7-6-11(3)16-17(15)20(14,23)13(5)18(21)19(16)22/h8,11-12,14-15,21,23H,6-7,9H2,1-5H3/t11-,12-,14?,15+,20?/m0/s1. The molecule has 0 bridgehead atoms. The Morgan fingerprint density at radius 1 is 1.26 bits per heavy atom. The lowest BCUT2D eigenvalue weighted by molar-refractivity contribution is -0.117. The quantitative estimate of drug-likeness (QED) is 0.716. The van der Waals surface area contributed by atoms with Gasteiger partial charge in [0.15, 0.2) is 5.76 Å². The van der Waals surface area contributed by atoms with Gasteiger partial charge in [0.05, 0.1) is 0 Å². The first kappa shape index (κ1) is 16.5. The van der Waals surface area contributed by atoms with Gasteiger partial charge in [-0.3, -0.25) is 4.79 Å². The topological polar surface area (TPSA) is 57.5 Å². The average Bonchev–Trinajstić information content (AvgIpc) is 2.48. The van der Waals surface area contributed by atoms with E-state index in [0.717, 1.165) is 30.4 Å². The van der Waals surface area contributed by atoms with Crippen molar-refractivity contribution in [2.24, 2.45) is 23.7 Å². The Morgan fingerprint density at radius 2 is 1.91 bits per heavy atom. The van der Waals surface area contributed by atoms with E-state index >= 15 is 0 Å². The Hall–Kier alpha value is -1.35. The zero-order valence-electron chi connectivity index (χ0n) is 14.8. The zero-order valence-corrected chi connectivity index (χ0v) is 14.8. The summed E-state index contributed by atoms with van der Waals surface area (Å²) in [7, 11) is 0. The van der Waals surface area contributed by atoms with Crippen molar-refractivity contribution in [3.63, 3.8) is 0 Å². The van der Waals surface area contributed by atoms with Gasteiger partial charge in [0, 0.05) is 17.1 Å². The molecule has 0 aromatic heterocycles. The summed E-state index contributed by atoms with van der Waals surface area (Å²) in [6.07, 6.45) is 4.97. The molecule has 0 aromatic rings. The van der Waals surface area contributed by atoms with Crippen LogP contribution >= 0.6 is 0 Å². The number of hydrogen-bond donors (Lipinski definition) is 2. The van der Waals surface area contributed by atoms with Crippen molar-refractivity contribution in [2.45, 2.75) is 59.5 Å². The summed E-state index contributed by atoms with van der Waals surface area (Å²) in [5.74, 6) is 0.219. The number of aliphatic hydroxyl groups is 2. The van der Waals surface area contributed by atoms with Crippen molar-refractivity contribution in [3.05, 3.63) is 34.1 Å². The van der Waals surface area contributed by atoms with Crippen LogP contribution < -0.4 is 0 Å². The average molecular weight is 316 g/mol. The van der Waals surface area contributed by atoms with Gasteiger partial charge in [0.1, 0.15) is 5.60 Å². The number of carbonyl (C=O) groups excluding carboxylic acids is 1. The molecule has 3 nitrogen and oxygen atoms in total. The van der Waals surface area contributed by atoms with Crippen LogP contribution in [0.15, 0.2) is 34.1 Å². The summed E-state index contributed by atoms with van der Waals surface area (Å²) in [5, 5.41) is 22.1. The van der Waals surface area contributed by atoms with Gasteiger partial charge in [-0.25, -0.2) is 0 Å². The Kier molecular flexibility index (Phi) is 3.83. The second kappa shape index (κ2) is 5.34. The van der Waals surface area contributed by atoms with Crippen molar-refractivity contribution in [3.8, 4) is 0 Å². The molecule has 3 rings (SSSR count). The second-order valence-electron chi connectivity index (χ2n) is 8.04. The summed E-state index contributed by atoms with van der Waals surface area (Å²) in [6.45, 7) is 10.1. The molecule has 2 unspecified atom stereocenters. The van der Waals surface area contributed by atoms with Gasteiger partial charge >= 0.3 is 0 Å². The van der Waals surface area contributed by atoms with E-state index in [-0.39, 0.29) is 29.3 Å². The van der Waals surface area contributed by atoms with Crippen LogP contribution in [0.1, 0.15) is 53.9 Å². The molecule has 0 heterocycles.